The maximum Gasteiger partial charge on any atom is 0.324 e. The molecule has 0 bridgehead atoms. The van der Waals surface area contributed by atoms with Crippen molar-refractivity contribution in [2.24, 2.45) is 0 Å². The Hall–Kier alpha value is -7.29. The number of nitrogens with zero attached hydrogens (tertiary/aromatic N) is 8. The normalized spacial score (nSPS) is 16.8. The topological polar surface area (TPSA) is 229 Å². The molecule has 20 nitrogen and oxygen atoms in total. The predicted octanol–water partition coefficient (Wildman–Crippen LogP) is 10.7. The molecule has 2 aromatic heterocycles. The highest BCUT2D eigenvalue weighted by molar-refractivity contribution is 6.62. The number of aromatic nitrogens is 2. The Balaban J connectivity index is 0.000000244. The zero-order valence-corrected chi connectivity index (χ0v) is 55.4. The zero-order valence-electron chi connectivity index (χ0n) is 52.4. The van der Waals surface area contributed by atoms with Gasteiger partial charge in [0.25, 0.3) is 35.2 Å². The van der Waals surface area contributed by atoms with Crippen LogP contribution in [0.1, 0.15) is 99.8 Å². The van der Waals surface area contributed by atoms with Gasteiger partial charge in [-0.15, -0.1) is 34.8 Å². The Morgan fingerprint density at radius 3 is 1.69 bits per heavy atom. The second-order valence-electron chi connectivity index (χ2n) is 22.5. The molecule has 2 atom stereocenters. The van der Waals surface area contributed by atoms with E-state index in [1.807, 2.05) is 38.1 Å². The van der Waals surface area contributed by atoms with Crippen molar-refractivity contribution in [3.8, 4) is 0 Å². The Morgan fingerprint density at radius 2 is 1.23 bits per heavy atom. The van der Waals surface area contributed by atoms with Crippen LogP contribution < -0.4 is 10.6 Å². The summed E-state index contributed by atoms with van der Waals surface area (Å²) in [6.45, 7) is 22.5. The number of anilines is 2. The second-order valence-corrected chi connectivity index (χ2v) is 23.9. The number of halogens is 4. The first-order valence-electron chi connectivity index (χ1n) is 30.5. The van der Waals surface area contributed by atoms with Gasteiger partial charge in [0.05, 0.1) is 45.7 Å². The van der Waals surface area contributed by atoms with Crippen molar-refractivity contribution >= 4 is 126 Å². The maximum atomic E-state index is 13.3. The number of nitrogens with two attached hydrogens (primary N) is 1. The SMILES string of the molecule is C.C1CCOC1.CCN(C(C)C)C(C)C.C[C@@H]1CN(C(=O)C2=CC=[C+]C=C2)CCN1C(=O)C(=O)c1c[nH]c2c(N)cccc12.C[C@@H]1CN(C(=O)c2ccccc2)CCN1C(=O)C(=O)c1c[nH]c2c(N3CCN(CCCl)C3=O)cccc12.O=C(Cl)N(CCCl)CCCl. The Labute approximate surface area is 555 Å². The highest BCUT2D eigenvalue weighted by atomic mass is 35.5. The van der Waals surface area contributed by atoms with Gasteiger partial charge in [-0.1, -0.05) is 56.8 Å². The summed E-state index contributed by atoms with van der Waals surface area (Å²) >= 11 is 21.7. The van der Waals surface area contributed by atoms with E-state index in [9.17, 15) is 38.4 Å². The number of nitrogen functional groups attached to an aromatic ring is 1. The van der Waals surface area contributed by atoms with Gasteiger partial charge < -0.3 is 49.8 Å². The number of benzene rings is 3. The summed E-state index contributed by atoms with van der Waals surface area (Å²) < 4.78 is 4.94. The first-order valence-corrected chi connectivity index (χ1v) is 32.5. The molecule has 0 radical (unpaired) electrons. The van der Waals surface area contributed by atoms with Crippen LogP contribution >= 0.6 is 46.4 Å². The number of urea groups is 1. The third kappa shape index (κ3) is 19.6. The van der Waals surface area contributed by atoms with E-state index in [0.717, 1.165) is 19.8 Å². The number of nitrogens with one attached hydrogen (secondary N) is 2. The predicted molar refractivity (Wildman–Crippen MR) is 365 cm³/mol. The van der Waals surface area contributed by atoms with E-state index in [2.05, 4.69) is 55.6 Å². The highest BCUT2D eigenvalue weighted by Crippen LogP contribution is 2.32. The second kappa shape index (κ2) is 36.7. The minimum atomic E-state index is -0.616. The number of hydrogen-bond acceptors (Lipinski definition) is 11. The first kappa shape index (κ1) is 74.4. The number of H-pyrrole nitrogens is 2. The van der Waals surface area contributed by atoms with E-state index in [0.29, 0.717) is 145 Å². The summed E-state index contributed by atoms with van der Waals surface area (Å²) in [5.41, 5.74) is 10.1. The van der Waals surface area contributed by atoms with E-state index >= 15 is 0 Å². The number of aromatic amines is 2. The van der Waals surface area contributed by atoms with Crippen LogP contribution in [0.4, 0.5) is 21.0 Å². The van der Waals surface area contributed by atoms with Gasteiger partial charge in [0, 0.05) is 162 Å². The summed E-state index contributed by atoms with van der Waals surface area (Å²) in [6, 6.07) is 20.3. The van der Waals surface area contributed by atoms with Gasteiger partial charge in [0.15, 0.2) is 0 Å². The molecule has 5 aromatic rings. The van der Waals surface area contributed by atoms with Crippen LogP contribution in [-0.2, 0) is 19.1 Å². The number of carbonyl (C=O) groups is 8. The van der Waals surface area contributed by atoms with Gasteiger partial charge >= 0.3 is 11.4 Å². The number of fused-ring (bicyclic) bond motifs is 2. The van der Waals surface area contributed by atoms with Gasteiger partial charge in [0.2, 0.25) is 0 Å². The molecule has 1 aliphatic carbocycles. The van der Waals surface area contributed by atoms with Gasteiger partial charge in [-0.2, -0.15) is 0 Å². The van der Waals surface area contributed by atoms with Crippen molar-refractivity contribution < 1.29 is 43.1 Å². The zero-order chi connectivity index (χ0) is 65.6. The van der Waals surface area contributed by atoms with Crippen molar-refractivity contribution in [2.45, 2.75) is 92.9 Å². The first-order chi connectivity index (χ1) is 43.2. The quantitative estimate of drug-likeness (QED) is 0.0160. The molecule has 0 spiro atoms. The van der Waals surface area contributed by atoms with E-state index in [1.165, 1.54) is 39.9 Å². The lowest BCUT2D eigenvalue weighted by molar-refractivity contribution is -0.137. The molecule has 4 fully saturated rings. The van der Waals surface area contributed by atoms with Crippen molar-refractivity contribution in [2.75, 3.05) is 120 Å². The summed E-state index contributed by atoms with van der Waals surface area (Å²) in [5.74, 6) is -1.40. The number of rotatable bonds is 16. The smallest absolute Gasteiger partial charge is 0.324 e. The van der Waals surface area contributed by atoms with Gasteiger partial charge in [-0.3, -0.25) is 43.4 Å². The number of para-hydroxylation sites is 2. The molecule has 6 heterocycles. The highest BCUT2D eigenvalue weighted by Gasteiger charge is 2.37. The van der Waals surface area contributed by atoms with Gasteiger partial charge in [-0.05, 0) is 96.8 Å². The van der Waals surface area contributed by atoms with Crippen molar-refractivity contribution in [1.29, 1.82) is 0 Å². The van der Waals surface area contributed by atoms with Gasteiger partial charge in [-0.25, -0.2) is 4.79 Å². The number of ether oxygens (including phenoxy) is 1. The van der Waals surface area contributed by atoms with E-state index < -0.39 is 28.7 Å². The number of piperazine rings is 2. The number of hydrogen-bond donors (Lipinski definition) is 3. The van der Waals surface area contributed by atoms with Crippen molar-refractivity contribution in [3.63, 3.8) is 0 Å². The van der Waals surface area contributed by atoms with E-state index in [-0.39, 0.29) is 49.5 Å². The lowest BCUT2D eigenvalue weighted by atomic mass is 10.1. The van der Waals surface area contributed by atoms with Crippen molar-refractivity contribution in [3.05, 3.63) is 132 Å². The third-order valence-corrected chi connectivity index (χ3v) is 16.6. The molecule has 7 amide bonds. The molecule has 492 valence electrons. The minimum absolute atomic E-state index is 0. The van der Waals surface area contributed by atoms with Crippen LogP contribution in [0, 0.1) is 6.08 Å². The maximum absolute atomic E-state index is 13.3. The molecule has 3 aromatic carbocycles. The number of allylic oxidation sites excluding steroid dienone is 4. The number of alkyl halides is 3. The lowest BCUT2D eigenvalue weighted by Gasteiger charge is -2.39. The fraction of sp³-hybridized carbons (Fsp3) is 0.463. The summed E-state index contributed by atoms with van der Waals surface area (Å²) in [4.78, 5) is 121. The molecule has 4 N–H and O–H groups in total. The number of amides is 7. The van der Waals surface area contributed by atoms with Crippen molar-refractivity contribution in [1.82, 2.24) is 44.3 Å². The lowest BCUT2D eigenvalue weighted by Crippen LogP contribution is -2.57. The number of carbonyl (C=O) groups excluding carboxylic acids is 8. The van der Waals surface area contributed by atoms with Crippen LogP contribution in [0.25, 0.3) is 21.8 Å². The van der Waals surface area contributed by atoms with Gasteiger partial charge in [0.1, 0.15) is 17.7 Å². The number of ketones is 2. The van der Waals surface area contributed by atoms with E-state index in [1.54, 1.807) is 86.4 Å². The Kier molecular flexibility index (Phi) is 30.0. The average Bonchev–Trinajstić information content (AvgIpc) is 1.72. The molecule has 4 aliphatic heterocycles. The fourth-order valence-electron chi connectivity index (χ4n) is 11.2. The fourth-order valence-corrected chi connectivity index (χ4v) is 12.0. The minimum Gasteiger partial charge on any atom is -0.397 e. The van der Waals surface area contributed by atoms with Crippen LogP contribution in [0.5, 0.6) is 0 Å². The third-order valence-electron chi connectivity index (χ3n) is 15.9. The molecular formula is C67H88Cl4N11O9+. The monoisotopic (exact) mass is 1330 g/mol. The molecule has 0 unspecified atom stereocenters. The van der Waals surface area contributed by atoms with E-state index in [4.69, 9.17) is 56.9 Å². The summed E-state index contributed by atoms with van der Waals surface area (Å²) in [5, 5.41) is 0.719. The molecule has 24 heteroatoms. The largest absolute Gasteiger partial charge is 0.397 e. The van der Waals surface area contributed by atoms with Crippen LogP contribution in [0.3, 0.4) is 0 Å². The molecule has 0 saturated carbocycles. The average molecular weight is 1330 g/mol. The molecular weight excluding hydrogens is 1240 g/mol. The standard InChI is InChI=1S/C27H28ClN5O4.C22H20N4O3.C8H19N.C5H8Cl3NO.C4H8O.CH4/c1-18-17-31(25(35)19-6-3-2-4-7-19)13-14-32(18)26(36)24(34)21-16-29-23-20(21)8-5-9-22(23)33-15-12-30(11-10-28)27(33)37;1-14-13-25(21(28)15-6-3-2-4-7-15)10-11-26(14)22(29)20(27)17-12-24-19-16(17)8-5-9-18(19)23;1-6-9(7(2)3)8(4)5;6-1-3-9(4-2-7)5(8)10;1-2-4-5-3-1;/h2-9,16,18,29H,10-15,17H2,1H3;3-9,12,14H,10-11,13H2,1H3,(H2-,23,24,27,29);7-8H,6H2,1-5H3;1-4H2;1-4H2;1H4/p+1/t18-;14-;;;;/m11..../s1. The summed E-state index contributed by atoms with van der Waals surface area (Å²) in [6.07, 6.45) is 15.3. The molecule has 4 saturated heterocycles. The Morgan fingerprint density at radius 1 is 0.692 bits per heavy atom. The molecule has 10 rings (SSSR count). The molecule has 5 aliphatic rings. The number of Topliss-reactive ketones (excluding diaryl/α,β-unsaturated/α-hetero) is 2. The molecule has 91 heavy (non-hydrogen) atoms. The van der Waals surface area contributed by atoms with Crippen LogP contribution in [-0.4, -0.2) is 224 Å². The summed E-state index contributed by atoms with van der Waals surface area (Å²) in [7, 11) is 0. The van der Waals surface area contributed by atoms with Crippen LogP contribution in [0.15, 0.2) is 109 Å². The van der Waals surface area contributed by atoms with Crippen LogP contribution in [0.2, 0.25) is 0 Å². The Bertz CT molecular complexity index is 3340.